The van der Waals surface area contributed by atoms with Gasteiger partial charge in [-0.25, -0.2) is 0 Å². The molecule has 0 aliphatic heterocycles. The van der Waals surface area contributed by atoms with E-state index in [-0.39, 0.29) is 16.4 Å². The summed E-state index contributed by atoms with van der Waals surface area (Å²) in [5, 5.41) is 0. The molecule has 5 rings (SSSR count). The van der Waals surface area contributed by atoms with Gasteiger partial charge in [-0.2, -0.15) is 13.2 Å². The minimum Gasteiger partial charge on any atom is -0.284 e. The molecule has 0 radical (unpaired) electrons. The Balaban J connectivity index is 1.85. The van der Waals surface area contributed by atoms with Gasteiger partial charge in [0, 0.05) is 16.4 Å². The Morgan fingerprint density at radius 2 is 1.71 bits per heavy atom. The van der Waals surface area contributed by atoms with Crippen LogP contribution >= 0.6 is 0 Å². The van der Waals surface area contributed by atoms with E-state index in [2.05, 4.69) is 12.2 Å². The third-order valence-corrected chi connectivity index (χ3v) is 5.87. The summed E-state index contributed by atoms with van der Waals surface area (Å²) in [6.45, 7) is 0. The number of allylic oxidation sites excluding steroid dienone is 4. The van der Waals surface area contributed by atoms with Gasteiger partial charge in [-0.3, -0.25) is 4.79 Å². The highest BCUT2D eigenvalue weighted by Gasteiger charge is 2.71. The van der Waals surface area contributed by atoms with E-state index in [1.165, 1.54) is 0 Å². The SMILES string of the molecule is O=C(c1c2cccccc-2c2c1CC13C=CC=CC21C3)C(F)(F)F. The second kappa shape index (κ2) is 4.00. The number of halogens is 3. The lowest BCUT2D eigenvalue weighted by Gasteiger charge is -2.17. The average Bonchev–Trinajstić information content (AvgIpc) is 3.08. The van der Waals surface area contributed by atoms with E-state index in [4.69, 9.17) is 0 Å². The summed E-state index contributed by atoms with van der Waals surface area (Å²) in [7, 11) is 0. The molecule has 5 aliphatic rings. The van der Waals surface area contributed by atoms with Crippen LogP contribution in [0.2, 0.25) is 0 Å². The fourth-order valence-corrected chi connectivity index (χ4v) is 4.88. The lowest BCUT2D eigenvalue weighted by molar-refractivity contribution is -0.0885. The van der Waals surface area contributed by atoms with Gasteiger partial charge in [0.15, 0.2) is 0 Å². The van der Waals surface area contributed by atoms with Crippen molar-refractivity contribution >= 4 is 5.78 Å². The Hall–Kier alpha value is -2.36. The van der Waals surface area contributed by atoms with E-state index in [1.807, 2.05) is 24.3 Å². The van der Waals surface area contributed by atoms with Crippen molar-refractivity contribution in [1.82, 2.24) is 0 Å². The highest BCUT2D eigenvalue weighted by Crippen LogP contribution is 2.76. The molecule has 0 saturated heterocycles. The van der Waals surface area contributed by atoms with Crippen LogP contribution in [0.3, 0.4) is 0 Å². The smallest absolute Gasteiger partial charge is 0.284 e. The molecule has 0 aromatic carbocycles. The number of Topliss-reactive ketones (excluding diaryl/α,β-unsaturated/α-hetero) is 1. The van der Waals surface area contributed by atoms with Crippen molar-refractivity contribution in [2.24, 2.45) is 5.41 Å². The van der Waals surface area contributed by atoms with Crippen molar-refractivity contribution in [3.63, 3.8) is 0 Å². The van der Waals surface area contributed by atoms with Crippen LogP contribution in [0.4, 0.5) is 13.2 Å². The highest BCUT2D eigenvalue weighted by molar-refractivity contribution is 6.10. The predicted molar refractivity (Wildman–Crippen MR) is 84.2 cm³/mol. The molecule has 1 nitrogen and oxygen atoms in total. The zero-order chi connectivity index (χ0) is 16.7. The molecule has 0 amide bonds. The molecule has 120 valence electrons. The minimum absolute atomic E-state index is 0.129. The van der Waals surface area contributed by atoms with Crippen molar-refractivity contribution in [2.45, 2.75) is 24.4 Å². The van der Waals surface area contributed by atoms with E-state index in [0.717, 1.165) is 17.5 Å². The van der Waals surface area contributed by atoms with Gasteiger partial charge < -0.3 is 0 Å². The molecule has 4 heteroatoms. The molecule has 5 aliphatic carbocycles. The van der Waals surface area contributed by atoms with Crippen LogP contribution in [-0.2, 0) is 11.8 Å². The number of rotatable bonds is 1. The van der Waals surface area contributed by atoms with E-state index < -0.39 is 12.0 Å². The molecular formula is C20H13F3O. The second-order valence-corrected chi connectivity index (χ2v) is 6.99. The number of hydrogen-bond acceptors (Lipinski definition) is 1. The fraction of sp³-hybridized carbons (Fsp3) is 0.250. The number of ketones is 1. The number of hydrogen-bond donors (Lipinski definition) is 0. The number of alkyl halides is 3. The van der Waals surface area contributed by atoms with Crippen molar-refractivity contribution in [3.8, 4) is 11.1 Å². The summed E-state index contributed by atoms with van der Waals surface area (Å²) in [5.41, 5.74) is 2.23. The van der Waals surface area contributed by atoms with E-state index in [0.29, 0.717) is 17.5 Å². The molecular weight excluding hydrogens is 313 g/mol. The summed E-state index contributed by atoms with van der Waals surface area (Å²) in [6.07, 6.45) is 4.70. The first-order valence-corrected chi connectivity index (χ1v) is 7.92. The lowest BCUT2D eigenvalue weighted by Crippen LogP contribution is -2.24. The Kier molecular flexibility index (Phi) is 2.33. The largest absolute Gasteiger partial charge is 0.454 e. The zero-order valence-corrected chi connectivity index (χ0v) is 12.7. The first-order chi connectivity index (χ1) is 11.4. The Labute approximate surface area is 136 Å². The zero-order valence-electron chi connectivity index (χ0n) is 12.7. The molecule has 0 bridgehead atoms. The molecule has 0 aromatic heterocycles. The molecule has 1 fully saturated rings. The fourth-order valence-electron chi connectivity index (χ4n) is 4.88. The van der Waals surface area contributed by atoms with Gasteiger partial charge in [-0.1, -0.05) is 54.6 Å². The number of carbonyl (C=O) groups is 1. The molecule has 24 heavy (non-hydrogen) atoms. The average molecular weight is 326 g/mol. The van der Waals surface area contributed by atoms with E-state index in [1.54, 1.807) is 18.2 Å². The van der Waals surface area contributed by atoms with Gasteiger partial charge in [-0.05, 0) is 35.1 Å². The van der Waals surface area contributed by atoms with Gasteiger partial charge in [0.1, 0.15) is 0 Å². The van der Waals surface area contributed by atoms with Crippen molar-refractivity contribution in [3.05, 3.63) is 71.3 Å². The predicted octanol–water partition coefficient (Wildman–Crippen LogP) is 4.85. The maximum atomic E-state index is 13.2. The van der Waals surface area contributed by atoms with Crippen molar-refractivity contribution < 1.29 is 18.0 Å². The Morgan fingerprint density at radius 1 is 1.00 bits per heavy atom. The summed E-state index contributed by atoms with van der Waals surface area (Å²) < 4.78 is 39.6. The molecule has 0 aromatic rings. The highest BCUT2D eigenvalue weighted by atomic mass is 19.4. The van der Waals surface area contributed by atoms with Crippen LogP contribution in [-0.4, -0.2) is 12.0 Å². The molecule has 0 N–H and O–H groups in total. The van der Waals surface area contributed by atoms with Crippen LogP contribution in [0.15, 0.2) is 54.6 Å². The third-order valence-electron chi connectivity index (χ3n) is 5.87. The molecule has 0 heterocycles. The summed E-state index contributed by atoms with van der Waals surface area (Å²) in [6, 6.07) is 8.77. The van der Waals surface area contributed by atoms with E-state index >= 15 is 0 Å². The van der Waals surface area contributed by atoms with Gasteiger partial charge in [-0.15, -0.1) is 0 Å². The van der Waals surface area contributed by atoms with Crippen LogP contribution in [0, 0.1) is 5.41 Å². The molecule has 2 atom stereocenters. The van der Waals surface area contributed by atoms with Crippen LogP contribution in [0.1, 0.15) is 27.9 Å². The molecule has 1 saturated carbocycles. The molecule has 0 spiro atoms. The first kappa shape index (κ1) is 14.0. The maximum absolute atomic E-state index is 13.2. The van der Waals surface area contributed by atoms with Crippen molar-refractivity contribution in [1.29, 1.82) is 0 Å². The monoisotopic (exact) mass is 326 g/mol. The van der Waals surface area contributed by atoms with Crippen LogP contribution in [0.5, 0.6) is 0 Å². The topological polar surface area (TPSA) is 17.1 Å². The second-order valence-electron chi connectivity index (χ2n) is 6.99. The summed E-state index contributed by atoms with van der Waals surface area (Å²) >= 11 is 0. The maximum Gasteiger partial charge on any atom is 0.454 e. The van der Waals surface area contributed by atoms with E-state index in [9.17, 15) is 18.0 Å². The first-order valence-electron chi connectivity index (χ1n) is 7.92. The van der Waals surface area contributed by atoms with Crippen LogP contribution in [0.25, 0.3) is 11.1 Å². The standard InChI is InChI=1S/C20H13F3O/c21-20(22,23)17(24)15-12-6-2-1-3-7-13(12)16-14(15)10-18-8-4-5-9-19(16,18)11-18/h1-9H,10-11H2. The number of fused-ring (bicyclic) bond motifs is 3. The number of carbonyl (C=O) groups excluding carboxylic acids is 1. The van der Waals surface area contributed by atoms with Crippen molar-refractivity contribution in [2.75, 3.05) is 0 Å². The van der Waals surface area contributed by atoms with Gasteiger partial charge in [0.2, 0.25) is 0 Å². The normalized spacial score (nSPS) is 29.3. The Morgan fingerprint density at radius 3 is 2.46 bits per heavy atom. The summed E-state index contributed by atoms with van der Waals surface area (Å²) in [4.78, 5) is 12.2. The molecule has 2 unspecified atom stereocenters. The van der Waals surface area contributed by atoms with Gasteiger partial charge >= 0.3 is 6.18 Å². The van der Waals surface area contributed by atoms with Gasteiger partial charge in [0.05, 0.1) is 0 Å². The van der Waals surface area contributed by atoms with Gasteiger partial charge in [0.25, 0.3) is 5.78 Å². The minimum atomic E-state index is -4.86. The van der Waals surface area contributed by atoms with Crippen LogP contribution < -0.4 is 0 Å². The summed E-state index contributed by atoms with van der Waals surface area (Å²) in [5.74, 6) is -1.72. The third kappa shape index (κ3) is 1.45. The quantitative estimate of drug-likeness (QED) is 0.685. The Bertz CT molecular complexity index is 936. The lowest BCUT2D eigenvalue weighted by atomic mass is 9.86.